The zero-order valence-electron chi connectivity index (χ0n) is 17.4. The number of aryl methyl sites for hydroxylation is 1. The molecule has 0 radical (unpaired) electrons. The summed E-state index contributed by atoms with van der Waals surface area (Å²) >= 11 is 6.52. The third-order valence-electron chi connectivity index (χ3n) is 7.36. The number of carbonyl (C=O) groups excluding carboxylic acids is 1. The van der Waals surface area contributed by atoms with Crippen molar-refractivity contribution in [1.82, 2.24) is 10.2 Å². The van der Waals surface area contributed by atoms with Gasteiger partial charge in [0.15, 0.2) is 6.19 Å². The smallest absolute Gasteiger partial charge is 0.253 e. The second-order valence-corrected chi connectivity index (χ2v) is 9.54. The molecular formula is C25H23ClN4O. The summed E-state index contributed by atoms with van der Waals surface area (Å²) < 4.78 is 0. The minimum atomic E-state index is -0.451. The standard InChI is InChI=1S/C25H23ClN4O/c1-25(13-27)9-8-15-2-3-16(10-20(15)25)17-4-6-19(21(26)11-17)24(31)29-22-12-18-5-7-23(22)30(18)14-28/h2-4,6,10-11,18,22-23H,5,7-9,12H2,1H3,(H,29,31)/t18-,22+,23+,25+/m0/s1. The highest BCUT2D eigenvalue weighted by Crippen LogP contribution is 2.41. The van der Waals surface area contributed by atoms with E-state index >= 15 is 0 Å². The van der Waals surface area contributed by atoms with Gasteiger partial charge in [0.05, 0.1) is 34.2 Å². The van der Waals surface area contributed by atoms with Crippen molar-refractivity contribution in [2.75, 3.05) is 0 Å². The fraction of sp³-hybridized carbons (Fsp3) is 0.400. The average Bonchev–Trinajstić information content (AvgIpc) is 3.44. The molecule has 2 aromatic carbocycles. The van der Waals surface area contributed by atoms with Crippen molar-refractivity contribution in [3.05, 3.63) is 58.1 Å². The van der Waals surface area contributed by atoms with Gasteiger partial charge in [-0.15, -0.1) is 0 Å². The number of nitrogens with zero attached hydrogens (tertiary/aromatic N) is 3. The van der Waals surface area contributed by atoms with E-state index in [0.717, 1.165) is 48.8 Å². The largest absolute Gasteiger partial charge is 0.347 e. The predicted molar refractivity (Wildman–Crippen MR) is 118 cm³/mol. The molecule has 31 heavy (non-hydrogen) atoms. The molecule has 0 spiro atoms. The van der Waals surface area contributed by atoms with Crippen LogP contribution < -0.4 is 5.32 Å². The summed E-state index contributed by atoms with van der Waals surface area (Å²) in [7, 11) is 0. The number of benzene rings is 2. The lowest BCUT2D eigenvalue weighted by Crippen LogP contribution is -2.43. The molecule has 2 fully saturated rings. The highest BCUT2D eigenvalue weighted by molar-refractivity contribution is 6.34. The minimum Gasteiger partial charge on any atom is -0.347 e. The fourth-order valence-corrected chi connectivity index (χ4v) is 5.81. The Morgan fingerprint density at radius 2 is 1.97 bits per heavy atom. The first-order valence-corrected chi connectivity index (χ1v) is 11.1. The fourth-order valence-electron chi connectivity index (χ4n) is 5.55. The van der Waals surface area contributed by atoms with Gasteiger partial charge in [0.2, 0.25) is 0 Å². The quantitative estimate of drug-likeness (QED) is 0.724. The van der Waals surface area contributed by atoms with Gasteiger partial charge in [-0.05, 0) is 79.5 Å². The third-order valence-corrected chi connectivity index (χ3v) is 7.67. The van der Waals surface area contributed by atoms with Crippen molar-refractivity contribution in [1.29, 1.82) is 10.5 Å². The Morgan fingerprint density at radius 1 is 1.19 bits per heavy atom. The first kappa shape index (κ1) is 19.9. The zero-order valence-corrected chi connectivity index (χ0v) is 18.1. The molecule has 1 aliphatic carbocycles. The summed E-state index contributed by atoms with van der Waals surface area (Å²) in [4.78, 5) is 14.7. The van der Waals surface area contributed by atoms with Gasteiger partial charge in [-0.1, -0.05) is 29.8 Å². The van der Waals surface area contributed by atoms with Crippen LogP contribution in [0, 0.1) is 22.8 Å². The maximum atomic E-state index is 12.9. The average molecular weight is 431 g/mol. The van der Waals surface area contributed by atoms with Crippen LogP contribution in [0.15, 0.2) is 36.4 Å². The first-order valence-electron chi connectivity index (χ1n) is 10.8. The Balaban J connectivity index is 1.37. The van der Waals surface area contributed by atoms with Crippen LogP contribution in [0.2, 0.25) is 5.02 Å². The molecule has 5 nitrogen and oxygen atoms in total. The number of nitriles is 2. The van der Waals surface area contributed by atoms with E-state index in [4.69, 9.17) is 11.6 Å². The van der Waals surface area contributed by atoms with E-state index in [1.165, 1.54) is 5.56 Å². The number of fused-ring (bicyclic) bond motifs is 3. The second-order valence-electron chi connectivity index (χ2n) is 9.13. The monoisotopic (exact) mass is 430 g/mol. The van der Waals surface area contributed by atoms with Crippen molar-refractivity contribution < 1.29 is 4.79 Å². The Labute approximate surface area is 187 Å². The lowest BCUT2D eigenvalue weighted by atomic mass is 9.84. The number of nitrogens with one attached hydrogen (secondary N) is 1. The highest BCUT2D eigenvalue weighted by atomic mass is 35.5. The number of amides is 1. The zero-order chi connectivity index (χ0) is 21.8. The van der Waals surface area contributed by atoms with Gasteiger partial charge in [0, 0.05) is 6.04 Å². The maximum Gasteiger partial charge on any atom is 0.253 e. The van der Waals surface area contributed by atoms with Crippen LogP contribution in [-0.2, 0) is 11.8 Å². The molecule has 2 bridgehead atoms. The molecule has 0 saturated carbocycles. The summed E-state index contributed by atoms with van der Waals surface area (Å²) in [5.41, 5.74) is 4.23. The topological polar surface area (TPSA) is 79.9 Å². The molecule has 5 rings (SSSR count). The van der Waals surface area contributed by atoms with Gasteiger partial charge in [-0.2, -0.15) is 10.5 Å². The van der Waals surface area contributed by atoms with Crippen molar-refractivity contribution in [3.8, 4) is 23.4 Å². The molecule has 2 aliphatic heterocycles. The Bertz CT molecular complexity index is 1160. The van der Waals surface area contributed by atoms with Crippen LogP contribution >= 0.6 is 11.6 Å². The summed E-state index contributed by atoms with van der Waals surface area (Å²) in [6, 6.07) is 14.5. The normalized spacial score (nSPS) is 28.1. The molecule has 1 amide bonds. The lowest BCUT2D eigenvalue weighted by Gasteiger charge is -2.22. The predicted octanol–water partition coefficient (Wildman–Crippen LogP) is 4.55. The van der Waals surface area contributed by atoms with Crippen LogP contribution in [0.1, 0.15) is 54.1 Å². The summed E-state index contributed by atoms with van der Waals surface area (Å²) in [5, 5.41) is 22.4. The number of rotatable bonds is 3. The molecule has 3 aliphatic rings. The van der Waals surface area contributed by atoms with Crippen LogP contribution in [0.25, 0.3) is 11.1 Å². The van der Waals surface area contributed by atoms with Gasteiger partial charge in [0.1, 0.15) is 0 Å². The van der Waals surface area contributed by atoms with Gasteiger partial charge in [-0.3, -0.25) is 4.79 Å². The Hall–Kier alpha value is -3.02. The molecule has 2 heterocycles. The van der Waals surface area contributed by atoms with Crippen LogP contribution in [0.3, 0.4) is 0 Å². The van der Waals surface area contributed by atoms with Gasteiger partial charge in [-0.25, -0.2) is 0 Å². The number of hydrogen-bond acceptors (Lipinski definition) is 4. The molecule has 0 unspecified atom stereocenters. The van der Waals surface area contributed by atoms with Crippen molar-refractivity contribution in [3.63, 3.8) is 0 Å². The molecule has 0 aromatic heterocycles. The number of carbonyl (C=O) groups is 1. The first-order chi connectivity index (χ1) is 14.9. The molecule has 1 N–H and O–H groups in total. The molecular weight excluding hydrogens is 408 g/mol. The van der Waals surface area contributed by atoms with Crippen LogP contribution in [0.5, 0.6) is 0 Å². The van der Waals surface area contributed by atoms with E-state index in [1.807, 2.05) is 24.0 Å². The summed E-state index contributed by atoms with van der Waals surface area (Å²) in [5.74, 6) is -0.196. The lowest BCUT2D eigenvalue weighted by molar-refractivity contribution is 0.0928. The minimum absolute atomic E-state index is 0.0120. The van der Waals surface area contributed by atoms with Crippen molar-refractivity contribution >= 4 is 17.5 Å². The SMILES string of the molecule is C[C@]1(C#N)CCc2ccc(-c3ccc(C(=O)N[C@@H]4C[C@@H]5CC[C@H]4N5C#N)c(Cl)c3)cc21. The van der Waals surface area contributed by atoms with E-state index in [9.17, 15) is 15.3 Å². The van der Waals surface area contributed by atoms with E-state index in [-0.39, 0.29) is 24.0 Å². The number of hydrogen-bond donors (Lipinski definition) is 1. The van der Waals surface area contributed by atoms with E-state index < -0.39 is 5.41 Å². The third kappa shape index (κ3) is 3.16. The Kier molecular flexibility index (Phi) is 4.68. The van der Waals surface area contributed by atoms with Gasteiger partial charge in [0.25, 0.3) is 5.91 Å². The van der Waals surface area contributed by atoms with E-state index in [2.05, 4.69) is 35.8 Å². The van der Waals surface area contributed by atoms with E-state index in [0.29, 0.717) is 10.6 Å². The van der Waals surface area contributed by atoms with Crippen LogP contribution in [-0.4, -0.2) is 28.9 Å². The molecule has 4 atom stereocenters. The van der Waals surface area contributed by atoms with Gasteiger partial charge < -0.3 is 10.2 Å². The molecule has 2 saturated heterocycles. The molecule has 156 valence electrons. The van der Waals surface area contributed by atoms with Crippen molar-refractivity contribution in [2.45, 2.75) is 62.6 Å². The molecule has 2 aromatic rings. The second kappa shape index (κ2) is 7.29. The summed E-state index contributed by atoms with van der Waals surface area (Å²) in [6.07, 6.45) is 6.81. The molecule has 6 heteroatoms. The summed E-state index contributed by atoms with van der Waals surface area (Å²) in [6.45, 7) is 1.99. The number of halogens is 1. The van der Waals surface area contributed by atoms with Crippen LogP contribution in [0.4, 0.5) is 0 Å². The highest BCUT2D eigenvalue weighted by Gasteiger charge is 2.46. The van der Waals surface area contributed by atoms with Gasteiger partial charge >= 0.3 is 0 Å². The maximum absolute atomic E-state index is 12.9. The Morgan fingerprint density at radius 3 is 2.68 bits per heavy atom. The van der Waals surface area contributed by atoms with Crippen molar-refractivity contribution in [2.24, 2.45) is 0 Å². The van der Waals surface area contributed by atoms with E-state index in [1.54, 1.807) is 6.07 Å².